The van der Waals surface area contributed by atoms with Crippen molar-refractivity contribution in [2.75, 3.05) is 23.7 Å². The Morgan fingerprint density at radius 2 is 1.46 bits per heavy atom. The fourth-order valence-electron chi connectivity index (χ4n) is 4.64. The Morgan fingerprint density at radius 1 is 0.854 bits per heavy atom. The van der Waals surface area contributed by atoms with Crippen molar-refractivity contribution >= 4 is 27.5 Å². The number of anilines is 1. The standard InChI is InChI=1S/C33H43N3O4S/c1-25(2)23-34-33(38)31(22-28-13-8-6-9-14-28)35(24-29-15-10-7-11-16-29)32(37)17-12-20-36(41(5,39)40)30-19-18-26(3)27(4)21-30/h6-11,13-16,18-19,21,25,31H,12,17,20,22-24H2,1-5H3,(H,34,38)/t31-/m0/s1. The lowest BCUT2D eigenvalue weighted by Crippen LogP contribution is -2.51. The van der Waals surface area contributed by atoms with Gasteiger partial charge in [0.2, 0.25) is 21.8 Å². The lowest BCUT2D eigenvalue weighted by Gasteiger charge is -2.32. The number of aryl methyl sites for hydroxylation is 2. The summed E-state index contributed by atoms with van der Waals surface area (Å²) in [6.45, 7) is 8.94. The molecule has 0 spiro atoms. The van der Waals surface area contributed by atoms with Gasteiger partial charge in [-0.15, -0.1) is 0 Å². The van der Waals surface area contributed by atoms with Crippen LogP contribution in [0.1, 0.15) is 48.9 Å². The smallest absolute Gasteiger partial charge is 0.243 e. The Kier molecular flexibility index (Phi) is 11.5. The fourth-order valence-corrected chi connectivity index (χ4v) is 5.60. The van der Waals surface area contributed by atoms with Gasteiger partial charge in [0, 0.05) is 32.5 Å². The molecule has 0 aromatic heterocycles. The summed E-state index contributed by atoms with van der Waals surface area (Å²) in [7, 11) is -3.56. The molecule has 3 aromatic carbocycles. The van der Waals surface area contributed by atoms with Gasteiger partial charge in [-0.2, -0.15) is 0 Å². The highest BCUT2D eigenvalue weighted by atomic mass is 32.2. The second-order valence-electron chi connectivity index (χ2n) is 11.1. The molecule has 3 aromatic rings. The molecule has 0 heterocycles. The van der Waals surface area contributed by atoms with Crippen LogP contribution in [0, 0.1) is 19.8 Å². The highest BCUT2D eigenvalue weighted by molar-refractivity contribution is 7.92. The van der Waals surface area contributed by atoms with E-state index in [0.717, 1.165) is 22.3 Å². The molecule has 0 aliphatic carbocycles. The summed E-state index contributed by atoms with van der Waals surface area (Å²) in [5, 5.41) is 3.03. The minimum atomic E-state index is -3.56. The Labute approximate surface area is 245 Å². The first-order valence-corrected chi connectivity index (χ1v) is 16.0. The Balaban J connectivity index is 1.86. The van der Waals surface area contributed by atoms with E-state index in [4.69, 9.17) is 0 Å². The highest BCUT2D eigenvalue weighted by Gasteiger charge is 2.30. The molecular formula is C33H43N3O4S. The molecule has 1 N–H and O–H groups in total. The van der Waals surface area contributed by atoms with Gasteiger partial charge in [0.15, 0.2) is 0 Å². The molecule has 2 amide bonds. The van der Waals surface area contributed by atoms with Crippen LogP contribution in [0.4, 0.5) is 5.69 Å². The van der Waals surface area contributed by atoms with Crippen LogP contribution in [-0.2, 0) is 32.6 Å². The molecule has 0 unspecified atom stereocenters. The number of hydrogen-bond donors (Lipinski definition) is 1. The van der Waals surface area contributed by atoms with E-state index in [1.165, 1.54) is 10.6 Å². The van der Waals surface area contributed by atoms with E-state index < -0.39 is 16.1 Å². The molecule has 1 atom stereocenters. The number of nitrogens with zero attached hydrogens (tertiary/aromatic N) is 2. The maximum atomic E-state index is 13.9. The molecule has 7 nitrogen and oxygen atoms in total. The van der Waals surface area contributed by atoms with Crippen LogP contribution in [0.2, 0.25) is 0 Å². The lowest BCUT2D eigenvalue weighted by atomic mass is 10.0. The van der Waals surface area contributed by atoms with Gasteiger partial charge >= 0.3 is 0 Å². The molecule has 0 bridgehead atoms. The van der Waals surface area contributed by atoms with Gasteiger partial charge < -0.3 is 10.2 Å². The molecule has 8 heteroatoms. The van der Waals surface area contributed by atoms with Crippen LogP contribution < -0.4 is 9.62 Å². The average molecular weight is 578 g/mol. The Bertz CT molecular complexity index is 1390. The monoisotopic (exact) mass is 577 g/mol. The maximum absolute atomic E-state index is 13.9. The van der Waals surface area contributed by atoms with E-state index in [9.17, 15) is 18.0 Å². The first kappa shape index (κ1) is 31.9. The van der Waals surface area contributed by atoms with E-state index in [1.54, 1.807) is 11.0 Å². The summed E-state index contributed by atoms with van der Waals surface area (Å²) < 4.78 is 26.7. The predicted octanol–water partition coefficient (Wildman–Crippen LogP) is 5.26. The van der Waals surface area contributed by atoms with Crippen LogP contribution in [0.5, 0.6) is 0 Å². The summed E-state index contributed by atoms with van der Waals surface area (Å²) in [4.78, 5) is 29.1. The second-order valence-corrected chi connectivity index (χ2v) is 13.0. The molecule has 0 saturated carbocycles. The number of hydrogen-bond acceptors (Lipinski definition) is 4. The highest BCUT2D eigenvalue weighted by Crippen LogP contribution is 2.23. The Hall–Kier alpha value is -3.65. The normalized spacial score (nSPS) is 12.1. The van der Waals surface area contributed by atoms with Gasteiger partial charge in [-0.3, -0.25) is 13.9 Å². The molecule has 220 valence electrons. The average Bonchev–Trinajstić information content (AvgIpc) is 2.93. The topological polar surface area (TPSA) is 86.8 Å². The summed E-state index contributed by atoms with van der Waals surface area (Å²) in [5.41, 5.74) is 4.54. The third-order valence-corrected chi connectivity index (χ3v) is 8.28. The maximum Gasteiger partial charge on any atom is 0.243 e. The largest absolute Gasteiger partial charge is 0.354 e. The number of amides is 2. The molecule has 3 rings (SSSR count). The number of sulfonamides is 1. The van der Waals surface area contributed by atoms with Crippen molar-refractivity contribution in [2.45, 2.75) is 59.5 Å². The summed E-state index contributed by atoms with van der Waals surface area (Å²) in [6.07, 6.45) is 1.98. The molecule has 0 radical (unpaired) electrons. The molecule has 0 aliphatic heterocycles. The van der Waals surface area contributed by atoms with Crippen molar-refractivity contribution in [2.24, 2.45) is 5.92 Å². The number of benzene rings is 3. The summed E-state index contributed by atoms with van der Waals surface area (Å²) >= 11 is 0. The zero-order valence-electron chi connectivity index (χ0n) is 24.8. The van der Waals surface area contributed by atoms with Gasteiger partial charge in [0.05, 0.1) is 11.9 Å². The van der Waals surface area contributed by atoms with Gasteiger partial charge in [0.25, 0.3) is 0 Å². The van der Waals surface area contributed by atoms with Crippen molar-refractivity contribution in [3.05, 3.63) is 101 Å². The van der Waals surface area contributed by atoms with Crippen molar-refractivity contribution in [1.82, 2.24) is 10.2 Å². The van der Waals surface area contributed by atoms with Gasteiger partial charge in [-0.25, -0.2) is 8.42 Å². The van der Waals surface area contributed by atoms with Crippen molar-refractivity contribution in [3.63, 3.8) is 0 Å². The van der Waals surface area contributed by atoms with Crippen molar-refractivity contribution < 1.29 is 18.0 Å². The molecule has 0 saturated heterocycles. The van der Waals surface area contributed by atoms with Crippen LogP contribution in [-0.4, -0.2) is 50.5 Å². The van der Waals surface area contributed by atoms with E-state index >= 15 is 0 Å². The summed E-state index contributed by atoms with van der Waals surface area (Å²) in [6, 6.07) is 24.2. The zero-order chi connectivity index (χ0) is 30.0. The first-order valence-electron chi connectivity index (χ1n) is 14.2. The second kappa shape index (κ2) is 14.8. The van der Waals surface area contributed by atoms with Gasteiger partial charge in [-0.05, 0) is 60.6 Å². The van der Waals surface area contributed by atoms with E-state index in [-0.39, 0.29) is 37.2 Å². The van der Waals surface area contributed by atoms with E-state index in [2.05, 4.69) is 5.32 Å². The molecule has 41 heavy (non-hydrogen) atoms. The van der Waals surface area contributed by atoms with E-state index in [0.29, 0.717) is 25.1 Å². The third kappa shape index (κ3) is 9.74. The molecular weight excluding hydrogens is 534 g/mol. The van der Waals surface area contributed by atoms with Gasteiger partial charge in [-0.1, -0.05) is 80.6 Å². The quantitative estimate of drug-likeness (QED) is 0.283. The third-order valence-electron chi connectivity index (χ3n) is 7.08. The van der Waals surface area contributed by atoms with Crippen LogP contribution in [0.25, 0.3) is 0 Å². The Morgan fingerprint density at radius 3 is 2.02 bits per heavy atom. The van der Waals surface area contributed by atoms with Crippen LogP contribution >= 0.6 is 0 Å². The van der Waals surface area contributed by atoms with E-state index in [1.807, 2.05) is 100 Å². The molecule has 0 fully saturated rings. The minimum Gasteiger partial charge on any atom is -0.354 e. The van der Waals surface area contributed by atoms with Crippen LogP contribution in [0.15, 0.2) is 78.9 Å². The molecule has 0 aliphatic rings. The SMILES string of the molecule is Cc1ccc(N(CCCC(=O)N(Cc2ccccc2)[C@@H](Cc2ccccc2)C(=O)NCC(C)C)S(C)(=O)=O)cc1C. The fraction of sp³-hybridized carbons (Fsp3) is 0.394. The zero-order valence-corrected chi connectivity index (χ0v) is 25.7. The van der Waals surface area contributed by atoms with Gasteiger partial charge in [0.1, 0.15) is 6.04 Å². The number of carbonyl (C=O) groups excluding carboxylic acids is 2. The van der Waals surface area contributed by atoms with Crippen molar-refractivity contribution in [1.29, 1.82) is 0 Å². The summed E-state index contributed by atoms with van der Waals surface area (Å²) in [5.74, 6) is -0.121. The first-order chi connectivity index (χ1) is 19.5. The number of rotatable bonds is 14. The predicted molar refractivity (Wildman–Crippen MR) is 166 cm³/mol. The minimum absolute atomic E-state index is 0.104. The van der Waals surface area contributed by atoms with Crippen LogP contribution in [0.3, 0.4) is 0 Å². The number of carbonyl (C=O) groups is 2. The lowest BCUT2D eigenvalue weighted by molar-refractivity contribution is -0.141. The number of nitrogens with one attached hydrogen (secondary N) is 1. The van der Waals surface area contributed by atoms with Crippen molar-refractivity contribution in [3.8, 4) is 0 Å².